The SMILES string of the molecule is C[C@H](N)c1ccc(OC2CCOC2)nc1. The minimum atomic E-state index is 0.0152. The molecule has 0 bridgehead atoms. The van der Waals surface area contributed by atoms with Gasteiger partial charge in [-0.3, -0.25) is 0 Å². The number of hydrogen-bond donors (Lipinski definition) is 1. The highest BCUT2D eigenvalue weighted by atomic mass is 16.5. The Bertz CT molecular complexity index is 305. The average Bonchev–Trinajstić information content (AvgIpc) is 2.71. The molecular formula is C11H16N2O2. The molecule has 82 valence electrons. The van der Waals surface area contributed by atoms with Crippen LogP contribution < -0.4 is 10.5 Å². The lowest BCUT2D eigenvalue weighted by molar-refractivity contribution is 0.138. The fourth-order valence-electron chi connectivity index (χ4n) is 1.51. The van der Waals surface area contributed by atoms with Crippen molar-refractivity contribution in [3.05, 3.63) is 23.9 Å². The highest BCUT2D eigenvalue weighted by Gasteiger charge is 2.17. The van der Waals surface area contributed by atoms with Gasteiger partial charge >= 0.3 is 0 Å². The number of nitrogens with two attached hydrogens (primary N) is 1. The van der Waals surface area contributed by atoms with Crippen LogP contribution in [-0.2, 0) is 4.74 Å². The molecule has 1 fully saturated rings. The molecule has 1 aliphatic rings. The summed E-state index contributed by atoms with van der Waals surface area (Å²) < 4.78 is 10.9. The Morgan fingerprint density at radius 3 is 3.00 bits per heavy atom. The van der Waals surface area contributed by atoms with Crippen LogP contribution in [0.15, 0.2) is 18.3 Å². The Morgan fingerprint density at radius 1 is 1.60 bits per heavy atom. The van der Waals surface area contributed by atoms with Crippen LogP contribution in [-0.4, -0.2) is 24.3 Å². The maximum atomic E-state index is 5.73. The number of ether oxygens (including phenoxy) is 2. The van der Waals surface area contributed by atoms with Gasteiger partial charge in [0.05, 0.1) is 13.2 Å². The van der Waals surface area contributed by atoms with E-state index >= 15 is 0 Å². The Balaban J connectivity index is 1.97. The topological polar surface area (TPSA) is 57.4 Å². The molecule has 2 atom stereocenters. The first-order valence-corrected chi connectivity index (χ1v) is 5.21. The predicted octanol–water partition coefficient (Wildman–Crippen LogP) is 1.27. The molecule has 2 N–H and O–H groups in total. The molecule has 0 spiro atoms. The molecular weight excluding hydrogens is 192 g/mol. The molecule has 1 aromatic heterocycles. The summed E-state index contributed by atoms with van der Waals surface area (Å²) in [5, 5.41) is 0. The first-order valence-electron chi connectivity index (χ1n) is 5.21. The van der Waals surface area contributed by atoms with Gasteiger partial charge in [-0.2, -0.15) is 0 Å². The zero-order chi connectivity index (χ0) is 10.7. The second-order valence-electron chi connectivity index (χ2n) is 3.82. The molecule has 4 heteroatoms. The van der Waals surface area contributed by atoms with Gasteiger partial charge in [-0.15, -0.1) is 0 Å². The van der Waals surface area contributed by atoms with Gasteiger partial charge in [-0.25, -0.2) is 4.98 Å². The Labute approximate surface area is 89.4 Å². The third-order valence-electron chi connectivity index (χ3n) is 2.46. The van der Waals surface area contributed by atoms with Gasteiger partial charge in [0.2, 0.25) is 5.88 Å². The van der Waals surface area contributed by atoms with Crippen LogP contribution in [0.2, 0.25) is 0 Å². The molecule has 0 radical (unpaired) electrons. The fourth-order valence-corrected chi connectivity index (χ4v) is 1.51. The first kappa shape index (κ1) is 10.4. The first-order chi connectivity index (χ1) is 7.25. The molecule has 2 heterocycles. The van der Waals surface area contributed by atoms with Crippen LogP contribution in [0.4, 0.5) is 0 Å². The summed E-state index contributed by atoms with van der Waals surface area (Å²) in [7, 11) is 0. The molecule has 1 aliphatic heterocycles. The van der Waals surface area contributed by atoms with E-state index in [4.69, 9.17) is 15.2 Å². The van der Waals surface area contributed by atoms with Gasteiger partial charge in [0.15, 0.2) is 0 Å². The normalized spacial score (nSPS) is 22.7. The lowest BCUT2D eigenvalue weighted by atomic mass is 10.2. The summed E-state index contributed by atoms with van der Waals surface area (Å²) >= 11 is 0. The third-order valence-corrected chi connectivity index (χ3v) is 2.46. The van der Waals surface area contributed by atoms with E-state index in [1.165, 1.54) is 0 Å². The molecule has 0 amide bonds. The monoisotopic (exact) mass is 208 g/mol. The molecule has 4 nitrogen and oxygen atoms in total. The lowest BCUT2D eigenvalue weighted by Crippen LogP contribution is -2.16. The van der Waals surface area contributed by atoms with Gasteiger partial charge in [-0.1, -0.05) is 6.07 Å². The van der Waals surface area contributed by atoms with Crippen molar-refractivity contribution < 1.29 is 9.47 Å². The molecule has 1 unspecified atom stereocenters. The van der Waals surface area contributed by atoms with Crippen LogP contribution >= 0.6 is 0 Å². The number of nitrogens with zero attached hydrogens (tertiary/aromatic N) is 1. The van der Waals surface area contributed by atoms with Crippen LogP contribution in [0.1, 0.15) is 24.9 Å². The number of rotatable bonds is 3. The number of pyridine rings is 1. The highest BCUT2D eigenvalue weighted by molar-refractivity contribution is 5.20. The zero-order valence-corrected chi connectivity index (χ0v) is 8.85. The molecule has 2 rings (SSSR count). The molecule has 0 aromatic carbocycles. The van der Waals surface area contributed by atoms with E-state index in [0.29, 0.717) is 12.5 Å². The number of hydrogen-bond acceptors (Lipinski definition) is 4. The maximum absolute atomic E-state index is 5.73. The van der Waals surface area contributed by atoms with Crippen molar-refractivity contribution >= 4 is 0 Å². The zero-order valence-electron chi connectivity index (χ0n) is 8.85. The predicted molar refractivity (Wildman–Crippen MR) is 56.7 cm³/mol. The largest absolute Gasteiger partial charge is 0.472 e. The van der Waals surface area contributed by atoms with Crippen LogP contribution in [0.3, 0.4) is 0 Å². The van der Waals surface area contributed by atoms with Crippen molar-refractivity contribution in [1.29, 1.82) is 0 Å². The summed E-state index contributed by atoms with van der Waals surface area (Å²) in [6, 6.07) is 3.82. The van der Waals surface area contributed by atoms with E-state index in [1.807, 2.05) is 19.1 Å². The average molecular weight is 208 g/mol. The number of aromatic nitrogens is 1. The lowest BCUT2D eigenvalue weighted by Gasteiger charge is -2.11. The van der Waals surface area contributed by atoms with Crippen molar-refractivity contribution in [2.24, 2.45) is 5.73 Å². The van der Waals surface area contributed by atoms with E-state index in [-0.39, 0.29) is 12.1 Å². The molecule has 1 saturated heterocycles. The van der Waals surface area contributed by atoms with E-state index in [9.17, 15) is 0 Å². The standard InChI is InChI=1S/C11H16N2O2/c1-8(12)9-2-3-11(13-6-9)15-10-4-5-14-7-10/h2-3,6,8,10H,4-5,7,12H2,1H3/t8-,10?/m0/s1. The van der Waals surface area contributed by atoms with Crippen molar-refractivity contribution in [3.8, 4) is 5.88 Å². The summed E-state index contributed by atoms with van der Waals surface area (Å²) in [4.78, 5) is 4.21. The molecule has 0 saturated carbocycles. The Morgan fingerprint density at radius 2 is 2.47 bits per heavy atom. The second-order valence-corrected chi connectivity index (χ2v) is 3.82. The van der Waals surface area contributed by atoms with Crippen LogP contribution in [0, 0.1) is 0 Å². The fraction of sp³-hybridized carbons (Fsp3) is 0.545. The Kier molecular flexibility index (Phi) is 3.18. The van der Waals surface area contributed by atoms with E-state index in [0.717, 1.165) is 18.6 Å². The van der Waals surface area contributed by atoms with Crippen LogP contribution in [0.25, 0.3) is 0 Å². The van der Waals surface area contributed by atoms with Gasteiger partial charge in [0.25, 0.3) is 0 Å². The Hall–Kier alpha value is -1.13. The van der Waals surface area contributed by atoms with Crippen molar-refractivity contribution in [2.45, 2.75) is 25.5 Å². The van der Waals surface area contributed by atoms with E-state index < -0.39 is 0 Å². The smallest absolute Gasteiger partial charge is 0.213 e. The second kappa shape index (κ2) is 4.59. The van der Waals surface area contributed by atoms with Gasteiger partial charge in [-0.05, 0) is 12.5 Å². The summed E-state index contributed by atoms with van der Waals surface area (Å²) in [5.74, 6) is 0.648. The van der Waals surface area contributed by atoms with E-state index in [2.05, 4.69) is 4.98 Å². The summed E-state index contributed by atoms with van der Waals surface area (Å²) in [6.07, 6.45) is 2.85. The van der Waals surface area contributed by atoms with Gasteiger partial charge in [0.1, 0.15) is 6.10 Å². The van der Waals surface area contributed by atoms with Gasteiger partial charge in [0, 0.05) is 24.7 Å². The van der Waals surface area contributed by atoms with Crippen LogP contribution in [0.5, 0.6) is 5.88 Å². The van der Waals surface area contributed by atoms with Crippen molar-refractivity contribution in [3.63, 3.8) is 0 Å². The quantitative estimate of drug-likeness (QED) is 0.812. The summed E-state index contributed by atoms with van der Waals surface area (Å²) in [6.45, 7) is 3.38. The minimum Gasteiger partial charge on any atom is -0.472 e. The molecule has 1 aromatic rings. The maximum Gasteiger partial charge on any atom is 0.213 e. The molecule has 0 aliphatic carbocycles. The molecule has 15 heavy (non-hydrogen) atoms. The summed E-state index contributed by atoms with van der Waals surface area (Å²) in [5.41, 5.74) is 6.75. The van der Waals surface area contributed by atoms with Gasteiger partial charge < -0.3 is 15.2 Å². The minimum absolute atomic E-state index is 0.0152. The van der Waals surface area contributed by atoms with Crippen molar-refractivity contribution in [2.75, 3.05) is 13.2 Å². The third kappa shape index (κ3) is 2.67. The van der Waals surface area contributed by atoms with E-state index in [1.54, 1.807) is 6.20 Å². The van der Waals surface area contributed by atoms with Crippen molar-refractivity contribution in [1.82, 2.24) is 4.98 Å². The highest BCUT2D eigenvalue weighted by Crippen LogP contribution is 2.16.